The Balaban J connectivity index is 2.64. The zero-order valence-electron chi connectivity index (χ0n) is 11.8. The molecule has 0 heterocycles. The fourth-order valence-electron chi connectivity index (χ4n) is 1.63. The molecule has 0 bridgehead atoms. The number of benzene rings is 1. The predicted molar refractivity (Wildman–Crippen MR) is 72.5 cm³/mol. The summed E-state index contributed by atoms with van der Waals surface area (Å²) in [6, 6.07) is 5.37. The van der Waals surface area contributed by atoms with Crippen LogP contribution in [0.4, 0.5) is 4.39 Å². The Hall–Kier alpha value is -1.13. The van der Waals surface area contributed by atoms with Crippen LogP contribution in [0.2, 0.25) is 0 Å². The second-order valence-electron chi connectivity index (χ2n) is 4.83. The van der Waals surface area contributed by atoms with E-state index >= 15 is 0 Å². The maximum absolute atomic E-state index is 13.8. The van der Waals surface area contributed by atoms with Crippen molar-refractivity contribution in [2.75, 3.05) is 27.7 Å². The van der Waals surface area contributed by atoms with Gasteiger partial charge in [-0.15, -0.1) is 0 Å². The highest BCUT2D eigenvalue weighted by Gasteiger charge is 2.13. The Morgan fingerprint density at radius 2 is 2.00 bits per heavy atom. The van der Waals surface area contributed by atoms with Crippen molar-refractivity contribution >= 4 is 0 Å². The van der Waals surface area contributed by atoms with Gasteiger partial charge < -0.3 is 15.0 Å². The highest BCUT2D eigenvalue weighted by atomic mass is 19.1. The van der Waals surface area contributed by atoms with E-state index in [1.54, 1.807) is 12.1 Å². The van der Waals surface area contributed by atoms with Crippen LogP contribution in [0.1, 0.15) is 25.5 Å². The average molecular weight is 254 g/mol. The van der Waals surface area contributed by atoms with Crippen LogP contribution < -0.4 is 10.1 Å². The number of halogens is 1. The van der Waals surface area contributed by atoms with E-state index in [0.717, 1.165) is 6.54 Å². The Morgan fingerprint density at radius 3 is 2.50 bits per heavy atom. The molecule has 0 aliphatic rings. The average Bonchev–Trinajstić information content (AvgIpc) is 2.34. The molecule has 0 aliphatic carbocycles. The lowest BCUT2D eigenvalue weighted by molar-refractivity contribution is 0.295. The van der Waals surface area contributed by atoms with Gasteiger partial charge in [0.1, 0.15) is 11.6 Å². The molecule has 2 unspecified atom stereocenters. The maximum Gasteiger partial charge on any atom is 0.131 e. The van der Waals surface area contributed by atoms with Gasteiger partial charge in [-0.3, -0.25) is 0 Å². The van der Waals surface area contributed by atoms with Crippen molar-refractivity contribution in [3.8, 4) is 5.75 Å². The topological polar surface area (TPSA) is 24.5 Å². The normalized spacial score (nSPS) is 14.6. The molecule has 3 nitrogen and oxygen atoms in total. The van der Waals surface area contributed by atoms with Crippen LogP contribution in [0.5, 0.6) is 5.75 Å². The van der Waals surface area contributed by atoms with E-state index in [1.165, 1.54) is 13.2 Å². The highest BCUT2D eigenvalue weighted by molar-refractivity contribution is 5.30. The summed E-state index contributed by atoms with van der Waals surface area (Å²) in [5.41, 5.74) is 0.668. The zero-order chi connectivity index (χ0) is 13.7. The number of nitrogens with one attached hydrogen (secondary N) is 1. The summed E-state index contributed by atoms with van der Waals surface area (Å²) in [6.07, 6.45) is 0. The number of nitrogens with zero attached hydrogens (tertiary/aromatic N) is 1. The van der Waals surface area contributed by atoms with Crippen LogP contribution in [-0.2, 0) is 0 Å². The summed E-state index contributed by atoms with van der Waals surface area (Å²) >= 11 is 0. The molecule has 0 aromatic heterocycles. The summed E-state index contributed by atoms with van der Waals surface area (Å²) in [4.78, 5) is 2.13. The SMILES string of the molecule is COc1ccc(C(C)NCC(C)N(C)C)c(F)c1. The fraction of sp³-hybridized carbons (Fsp3) is 0.571. The summed E-state index contributed by atoms with van der Waals surface area (Å²) in [5.74, 6) is 0.317. The van der Waals surface area contributed by atoms with E-state index < -0.39 is 0 Å². The first-order valence-electron chi connectivity index (χ1n) is 6.19. The molecule has 102 valence electrons. The molecule has 1 N–H and O–H groups in total. The molecule has 0 saturated carbocycles. The Morgan fingerprint density at radius 1 is 1.33 bits per heavy atom. The van der Waals surface area contributed by atoms with Gasteiger partial charge in [-0.1, -0.05) is 6.07 Å². The minimum absolute atomic E-state index is 0.0155. The lowest BCUT2D eigenvalue weighted by atomic mass is 10.1. The van der Waals surface area contributed by atoms with Crippen LogP contribution in [0.3, 0.4) is 0 Å². The van der Waals surface area contributed by atoms with E-state index in [-0.39, 0.29) is 11.9 Å². The van der Waals surface area contributed by atoms with Gasteiger partial charge in [0.05, 0.1) is 7.11 Å². The molecule has 18 heavy (non-hydrogen) atoms. The van der Waals surface area contributed by atoms with Gasteiger partial charge in [0.2, 0.25) is 0 Å². The first-order chi connectivity index (χ1) is 8.45. The van der Waals surface area contributed by atoms with Gasteiger partial charge in [-0.2, -0.15) is 0 Å². The lowest BCUT2D eigenvalue weighted by Crippen LogP contribution is -2.36. The second-order valence-corrected chi connectivity index (χ2v) is 4.83. The van der Waals surface area contributed by atoms with Crippen LogP contribution in [0.25, 0.3) is 0 Å². The molecule has 1 aromatic rings. The molecule has 0 aliphatic heterocycles. The van der Waals surface area contributed by atoms with Crippen LogP contribution >= 0.6 is 0 Å². The number of likely N-dealkylation sites (N-methyl/N-ethyl adjacent to an activating group) is 1. The third-order valence-electron chi connectivity index (χ3n) is 3.28. The number of hydrogen-bond acceptors (Lipinski definition) is 3. The minimum atomic E-state index is -0.230. The van der Waals surface area contributed by atoms with E-state index in [1.807, 2.05) is 21.0 Å². The predicted octanol–water partition coefficient (Wildman–Crippen LogP) is 2.44. The van der Waals surface area contributed by atoms with E-state index in [9.17, 15) is 4.39 Å². The first kappa shape index (κ1) is 14.9. The largest absolute Gasteiger partial charge is 0.497 e. The van der Waals surface area contributed by atoms with Crippen molar-refractivity contribution < 1.29 is 9.13 Å². The Kier molecular flexibility index (Phi) is 5.56. The zero-order valence-corrected chi connectivity index (χ0v) is 11.8. The van der Waals surface area contributed by atoms with Crippen molar-refractivity contribution in [3.05, 3.63) is 29.6 Å². The van der Waals surface area contributed by atoms with E-state index in [4.69, 9.17) is 4.74 Å². The molecule has 4 heteroatoms. The summed E-state index contributed by atoms with van der Waals surface area (Å²) < 4.78 is 18.8. The lowest BCUT2D eigenvalue weighted by Gasteiger charge is -2.23. The Labute approximate surface area is 109 Å². The van der Waals surface area contributed by atoms with Crippen molar-refractivity contribution in [2.45, 2.75) is 25.9 Å². The maximum atomic E-state index is 13.8. The molecule has 0 amide bonds. The number of rotatable bonds is 6. The molecular weight excluding hydrogens is 231 g/mol. The van der Waals surface area contributed by atoms with Gasteiger partial charge in [-0.25, -0.2) is 4.39 Å². The van der Waals surface area contributed by atoms with Crippen molar-refractivity contribution in [2.24, 2.45) is 0 Å². The molecular formula is C14H23FN2O. The third-order valence-corrected chi connectivity index (χ3v) is 3.28. The van der Waals surface area contributed by atoms with Gasteiger partial charge >= 0.3 is 0 Å². The van der Waals surface area contributed by atoms with E-state index in [0.29, 0.717) is 17.4 Å². The smallest absolute Gasteiger partial charge is 0.131 e. The number of methoxy groups -OCH3 is 1. The summed E-state index contributed by atoms with van der Waals surface area (Å²) in [5, 5.41) is 3.34. The second kappa shape index (κ2) is 6.71. The molecule has 1 rings (SSSR count). The summed E-state index contributed by atoms with van der Waals surface area (Å²) in [7, 11) is 5.60. The monoisotopic (exact) mass is 254 g/mol. The number of ether oxygens (including phenoxy) is 1. The molecule has 0 fully saturated rings. The fourth-order valence-corrected chi connectivity index (χ4v) is 1.63. The quantitative estimate of drug-likeness (QED) is 0.844. The molecule has 1 aromatic carbocycles. The molecule has 2 atom stereocenters. The Bertz CT molecular complexity index is 382. The first-order valence-corrected chi connectivity index (χ1v) is 6.19. The van der Waals surface area contributed by atoms with Crippen molar-refractivity contribution in [1.82, 2.24) is 10.2 Å². The van der Waals surface area contributed by atoms with Crippen LogP contribution in [0.15, 0.2) is 18.2 Å². The summed E-state index contributed by atoms with van der Waals surface area (Å²) in [6.45, 7) is 4.91. The van der Waals surface area contributed by atoms with Gasteiger partial charge in [0.25, 0.3) is 0 Å². The van der Waals surface area contributed by atoms with Crippen LogP contribution in [0, 0.1) is 5.82 Å². The van der Waals surface area contributed by atoms with E-state index in [2.05, 4.69) is 17.1 Å². The van der Waals surface area contributed by atoms with Gasteiger partial charge in [-0.05, 0) is 34.0 Å². The number of hydrogen-bond donors (Lipinski definition) is 1. The van der Waals surface area contributed by atoms with Gasteiger partial charge in [0, 0.05) is 30.3 Å². The standard InChI is InChI=1S/C14H23FN2O/c1-10(17(3)4)9-16-11(2)13-7-6-12(18-5)8-14(13)15/h6-8,10-11,16H,9H2,1-5H3. The molecule has 0 saturated heterocycles. The highest BCUT2D eigenvalue weighted by Crippen LogP contribution is 2.21. The molecule has 0 radical (unpaired) electrons. The molecule has 0 spiro atoms. The minimum Gasteiger partial charge on any atom is -0.497 e. The third kappa shape index (κ3) is 3.96. The van der Waals surface area contributed by atoms with Crippen LogP contribution in [-0.4, -0.2) is 38.7 Å². The van der Waals surface area contributed by atoms with Crippen molar-refractivity contribution in [1.29, 1.82) is 0 Å². The van der Waals surface area contributed by atoms with Crippen molar-refractivity contribution in [3.63, 3.8) is 0 Å². The van der Waals surface area contributed by atoms with Gasteiger partial charge in [0.15, 0.2) is 0 Å².